The Hall–Kier alpha value is -2.14. The topological polar surface area (TPSA) is 44.8 Å². The quantitative estimate of drug-likeness (QED) is 0.492. The Morgan fingerprint density at radius 1 is 1.10 bits per heavy atom. The van der Waals surface area contributed by atoms with Gasteiger partial charge in [-0.2, -0.15) is 0 Å². The Labute approximate surface area is 120 Å². The van der Waals surface area contributed by atoms with E-state index in [1.54, 1.807) is 42.1 Å². The first-order valence-corrected chi connectivity index (χ1v) is 7.24. The van der Waals surface area contributed by atoms with Gasteiger partial charge in [0.2, 0.25) is 6.79 Å². The third-order valence-corrected chi connectivity index (χ3v) is 3.62. The van der Waals surface area contributed by atoms with Gasteiger partial charge in [0, 0.05) is 11.0 Å². The molecule has 0 radical (unpaired) electrons. The van der Waals surface area contributed by atoms with Crippen LogP contribution in [0.5, 0.6) is 17.2 Å². The summed E-state index contributed by atoms with van der Waals surface area (Å²) >= 11 is 1.62. The Morgan fingerprint density at radius 2 is 1.85 bits per heavy atom. The van der Waals surface area contributed by atoms with E-state index in [-0.39, 0.29) is 6.79 Å². The van der Waals surface area contributed by atoms with E-state index in [1.807, 2.05) is 18.4 Å². The molecule has 0 spiro atoms. The van der Waals surface area contributed by atoms with Crippen LogP contribution in [-0.4, -0.2) is 19.0 Å². The zero-order valence-corrected chi connectivity index (χ0v) is 11.6. The highest BCUT2D eigenvalue weighted by atomic mass is 32.2. The van der Waals surface area contributed by atoms with E-state index in [1.165, 1.54) is 0 Å². The number of hydrogen-bond donors (Lipinski definition) is 0. The summed E-state index contributed by atoms with van der Waals surface area (Å²) in [5.74, 6) is 1.30. The van der Waals surface area contributed by atoms with Gasteiger partial charge in [-0.25, -0.2) is 4.79 Å². The number of carbonyl (C=O) groups excluding carboxylic acids is 1. The summed E-state index contributed by atoms with van der Waals surface area (Å²) in [6.07, 6.45) is 1.99. The minimum atomic E-state index is -0.392. The van der Waals surface area contributed by atoms with Crippen LogP contribution in [0.4, 0.5) is 0 Å². The highest BCUT2D eigenvalue weighted by Crippen LogP contribution is 2.35. The molecule has 0 saturated carbocycles. The standard InChI is InChI=1S/C15H12O4S/c1-20-12-5-2-10(3-6-12)15(16)19-11-4-7-13-14(8-11)18-9-17-13/h2-8H,9H2,1H3. The maximum atomic E-state index is 12.0. The predicted octanol–water partition coefficient (Wildman–Crippen LogP) is 3.36. The fraction of sp³-hybridized carbons (Fsp3) is 0.133. The normalized spacial score (nSPS) is 12.2. The molecule has 0 amide bonds. The summed E-state index contributed by atoms with van der Waals surface area (Å²) in [6, 6.07) is 12.3. The van der Waals surface area contributed by atoms with Crippen LogP contribution in [0.3, 0.4) is 0 Å². The first kappa shape index (κ1) is 12.9. The van der Waals surface area contributed by atoms with Gasteiger partial charge in [-0.15, -0.1) is 11.8 Å². The monoisotopic (exact) mass is 288 g/mol. The number of thioether (sulfide) groups is 1. The lowest BCUT2D eigenvalue weighted by Gasteiger charge is -2.05. The van der Waals surface area contributed by atoms with E-state index in [4.69, 9.17) is 14.2 Å². The average Bonchev–Trinajstić information content (AvgIpc) is 2.95. The molecule has 102 valence electrons. The number of hydrogen-bond acceptors (Lipinski definition) is 5. The van der Waals surface area contributed by atoms with E-state index in [0.29, 0.717) is 22.8 Å². The minimum absolute atomic E-state index is 0.197. The molecule has 1 aliphatic rings. The van der Waals surface area contributed by atoms with Crippen LogP contribution in [0.1, 0.15) is 10.4 Å². The van der Waals surface area contributed by atoms with E-state index < -0.39 is 5.97 Å². The van der Waals surface area contributed by atoms with Gasteiger partial charge in [0.25, 0.3) is 0 Å². The Morgan fingerprint density at radius 3 is 2.60 bits per heavy atom. The lowest BCUT2D eigenvalue weighted by molar-refractivity contribution is 0.0734. The summed E-state index contributed by atoms with van der Waals surface area (Å²) < 4.78 is 15.8. The Kier molecular flexibility index (Phi) is 3.52. The van der Waals surface area contributed by atoms with Crippen LogP contribution in [0.15, 0.2) is 47.4 Å². The molecular formula is C15H12O4S. The van der Waals surface area contributed by atoms with E-state index >= 15 is 0 Å². The molecule has 0 atom stereocenters. The smallest absolute Gasteiger partial charge is 0.343 e. The lowest BCUT2D eigenvalue weighted by Crippen LogP contribution is -2.08. The molecule has 0 bridgehead atoms. The SMILES string of the molecule is CSc1ccc(C(=O)Oc2ccc3c(c2)OCO3)cc1. The van der Waals surface area contributed by atoms with Crippen LogP contribution in [0, 0.1) is 0 Å². The van der Waals surface area contributed by atoms with Gasteiger partial charge in [-0.3, -0.25) is 0 Å². The maximum absolute atomic E-state index is 12.0. The zero-order valence-electron chi connectivity index (χ0n) is 10.8. The zero-order chi connectivity index (χ0) is 13.9. The van der Waals surface area contributed by atoms with Crippen molar-refractivity contribution in [3.8, 4) is 17.2 Å². The second kappa shape index (κ2) is 5.46. The second-order valence-electron chi connectivity index (χ2n) is 4.13. The summed E-state index contributed by atoms with van der Waals surface area (Å²) in [4.78, 5) is 13.1. The molecular weight excluding hydrogens is 276 g/mol. The van der Waals surface area contributed by atoms with E-state index in [0.717, 1.165) is 4.90 Å². The van der Waals surface area contributed by atoms with Gasteiger partial charge >= 0.3 is 5.97 Å². The molecule has 0 saturated heterocycles. The van der Waals surface area contributed by atoms with Gasteiger partial charge in [0.05, 0.1) is 5.56 Å². The molecule has 0 N–H and O–H groups in total. The fourth-order valence-electron chi connectivity index (χ4n) is 1.83. The number of benzene rings is 2. The van der Waals surface area contributed by atoms with Gasteiger partial charge in [0.1, 0.15) is 5.75 Å². The average molecular weight is 288 g/mol. The summed E-state index contributed by atoms with van der Waals surface area (Å²) in [5, 5.41) is 0. The molecule has 3 rings (SSSR count). The van der Waals surface area contributed by atoms with Crippen molar-refractivity contribution in [2.45, 2.75) is 4.90 Å². The van der Waals surface area contributed by atoms with Crippen molar-refractivity contribution >= 4 is 17.7 Å². The molecule has 0 unspecified atom stereocenters. The first-order chi connectivity index (χ1) is 9.76. The van der Waals surface area contributed by atoms with Crippen molar-refractivity contribution in [2.75, 3.05) is 13.0 Å². The van der Waals surface area contributed by atoms with Crippen LogP contribution in [0.2, 0.25) is 0 Å². The molecule has 20 heavy (non-hydrogen) atoms. The predicted molar refractivity (Wildman–Crippen MR) is 75.7 cm³/mol. The van der Waals surface area contributed by atoms with E-state index in [9.17, 15) is 4.79 Å². The van der Waals surface area contributed by atoms with Gasteiger partial charge in [-0.1, -0.05) is 0 Å². The summed E-state index contributed by atoms with van der Waals surface area (Å²) in [6.45, 7) is 0.197. The van der Waals surface area contributed by atoms with Crippen LogP contribution in [-0.2, 0) is 0 Å². The Bertz CT molecular complexity index is 637. The molecule has 2 aromatic rings. The maximum Gasteiger partial charge on any atom is 0.343 e. The highest BCUT2D eigenvalue weighted by Gasteiger charge is 2.15. The molecule has 5 heteroatoms. The van der Waals surface area contributed by atoms with Crippen molar-refractivity contribution in [3.63, 3.8) is 0 Å². The van der Waals surface area contributed by atoms with Gasteiger partial charge in [-0.05, 0) is 42.7 Å². The number of rotatable bonds is 3. The number of ether oxygens (including phenoxy) is 3. The molecule has 1 aliphatic heterocycles. The third-order valence-electron chi connectivity index (χ3n) is 2.88. The number of esters is 1. The van der Waals surface area contributed by atoms with Crippen LogP contribution >= 0.6 is 11.8 Å². The number of fused-ring (bicyclic) bond motifs is 1. The fourth-order valence-corrected chi connectivity index (χ4v) is 2.24. The van der Waals surface area contributed by atoms with Crippen molar-refractivity contribution in [2.24, 2.45) is 0 Å². The molecule has 2 aromatic carbocycles. The first-order valence-electron chi connectivity index (χ1n) is 6.02. The van der Waals surface area contributed by atoms with E-state index in [2.05, 4.69) is 0 Å². The summed E-state index contributed by atoms with van der Waals surface area (Å²) in [7, 11) is 0. The minimum Gasteiger partial charge on any atom is -0.454 e. The Balaban J connectivity index is 1.75. The van der Waals surface area contributed by atoms with Crippen LogP contribution in [0.25, 0.3) is 0 Å². The van der Waals surface area contributed by atoms with Crippen molar-refractivity contribution in [1.29, 1.82) is 0 Å². The molecule has 1 heterocycles. The lowest BCUT2D eigenvalue weighted by atomic mass is 10.2. The molecule has 0 aliphatic carbocycles. The van der Waals surface area contributed by atoms with Crippen molar-refractivity contribution in [1.82, 2.24) is 0 Å². The van der Waals surface area contributed by atoms with Crippen molar-refractivity contribution < 1.29 is 19.0 Å². The van der Waals surface area contributed by atoms with Gasteiger partial charge < -0.3 is 14.2 Å². The molecule has 0 fully saturated rings. The van der Waals surface area contributed by atoms with Crippen LogP contribution < -0.4 is 14.2 Å². The third kappa shape index (κ3) is 2.58. The largest absolute Gasteiger partial charge is 0.454 e. The van der Waals surface area contributed by atoms with Crippen molar-refractivity contribution in [3.05, 3.63) is 48.0 Å². The molecule has 4 nitrogen and oxygen atoms in total. The number of carbonyl (C=O) groups is 1. The second-order valence-corrected chi connectivity index (χ2v) is 5.01. The van der Waals surface area contributed by atoms with Gasteiger partial charge in [0.15, 0.2) is 11.5 Å². The molecule has 0 aromatic heterocycles. The highest BCUT2D eigenvalue weighted by molar-refractivity contribution is 7.98. The summed E-state index contributed by atoms with van der Waals surface area (Å²) in [5.41, 5.74) is 0.514.